The lowest BCUT2D eigenvalue weighted by atomic mass is 9.93. The smallest absolute Gasteiger partial charge is 0.0890 e. The summed E-state index contributed by atoms with van der Waals surface area (Å²) in [5, 5.41) is 6.17. The highest BCUT2D eigenvalue weighted by molar-refractivity contribution is 9.10. The van der Waals surface area contributed by atoms with Gasteiger partial charge in [0.05, 0.1) is 22.1 Å². The Morgan fingerprint density at radius 3 is 2.39 bits per heavy atom. The molecule has 0 amide bonds. The molecule has 0 atom stereocenters. The summed E-state index contributed by atoms with van der Waals surface area (Å²) >= 11 is 16.2. The number of halogens is 3. The van der Waals surface area contributed by atoms with E-state index in [4.69, 9.17) is 28.3 Å². The molecular weight excluding hydrogens is 455 g/mol. The van der Waals surface area contributed by atoms with Crippen molar-refractivity contribution >= 4 is 45.2 Å². The lowest BCUT2D eigenvalue weighted by molar-refractivity contribution is 0.602. The SMILES string of the molecule is Cc1c(C=C2CCCCC2)nn(-c2ccc(Cl)cc2Cl)c1-c1ccc(Br)cc1. The van der Waals surface area contributed by atoms with Gasteiger partial charge in [-0.15, -0.1) is 0 Å². The van der Waals surface area contributed by atoms with Gasteiger partial charge < -0.3 is 0 Å². The summed E-state index contributed by atoms with van der Waals surface area (Å²) in [6, 6.07) is 13.9. The first kappa shape index (κ1) is 19.8. The van der Waals surface area contributed by atoms with Crippen LogP contribution in [0.25, 0.3) is 23.0 Å². The number of aromatic nitrogens is 2. The molecule has 1 fully saturated rings. The molecule has 1 aliphatic carbocycles. The zero-order valence-electron chi connectivity index (χ0n) is 15.7. The van der Waals surface area contributed by atoms with Gasteiger partial charge in [-0.05, 0) is 69.0 Å². The molecule has 0 bridgehead atoms. The molecule has 0 saturated heterocycles. The molecule has 3 aromatic rings. The van der Waals surface area contributed by atoms with Gasteiger partial charge in [0.15, 0.2) is 0 Å². The monoisotopic (exact) mass is 474 g/mol. The lowest BCUT2D eigenvalue weighted by Gasteiger charge is -2.12. The van der Waals surface area contributed by atoms with Crippen LogP contribution >= 0.6 is 39.1 Å². The molecule has 28 heavy (non-hydrogen) atoms. The first-order valence-corrected chi connectivity index (χ1v) is 11.1. The molecule has 5 heteroatoms. The summed E-state index contributed by atoms with van der Waals surface area (Å²) in [5.41, 5.74) is 6.66. The molecule has 0 aliphatic heterocycles. The Bertz CT molecular complexity index is 1030. The summed E-state index contributed by atoms with van der Waals surface area (Å²) in [6.07, 6.45) is 8.48. The molecule has 0 unspecified atom stereocenters. The third-order valence-electron chi connectivity index (χ3n) is 5.25. The van der Waals surface area contributed by atoms with Crippen LogP contribution < -0.4 is 0 Å². The normalized spacial score (nSPS) is 14.4. The second-order valence-electron chi connectivity index (χ2n) is 7.24. The minimum atomic E-state index is 0.588. The molecule has 1 saturated carbocycles. The Hall–Kier alpha value is -1.55. The quantitative estimate of drug-likeness (QED) is 0.372. The molecule has 0 spiro atoms. The van der Waals surface area contributed by atoms with Gasteiger partial charge in [0.25, 0.3) is 0 Å². The van der Waals surface area contributed by atoms with E-state index in [-0.39, 0.29) is 0 Å². The molecule has 4 rings (SSSR count). The van der Waals surface area contributed by atoms with E-state index in [1.54, 1.807) is 6.07 Å². The Labute approximate surface area is 184 Å². The van der Waals surface area contributed by atoms with Crippen LogP contribution in [0.15, 0.2) is 52.5 Å². The molecule has 2 nitrogen and oxygen atoms in total. The van der Waals surface area contributed by atoms with E-state index < -0.39 is 0 Å². The van der Waals surface area contributed by atoms with Crippen molar-refractivity contribution in [3.63, 3.8) is 0 Å². The summed E-state index contributed by atoms with van der Waals surface area (Å²) in [6.45, 7) is 2.14. The average molecular weight is 476 g/mol. The van der Waals surface area contributed by atoms with Crippen molar-refractivity contribution in [2.45, 2.75) is 39.0 Å². The molecule has 1 aliphatic rings. The van der Waals surface area contributed by atoms with Crippen molar-refractivity contribution in [3.05, 3.63) is 73.8 Å². The maximum absolute atomic E-state index is 6.53. The Morgan fingerprint density at radius 1 is 1.00 bits per heavy atom. The fourth-order valence-corrected chi connectivity index (χ4v) is 4.52. The number of benzene rings is 2. The summed E-state index contributed by atoms with van der Waals surface area (Å²) in [7, 11) is 0. The van der Waals surface area contributed by atoms with E-state index in [0.717, 1.165) is 32.7 Å². The number of allylic oxidation sites excluding steroid dienone is 1. The summed E-state index contributed by atoms with van der Waals surface area (Å²) in [5.74, 6) is 0. The lowest BCUT2D eigenvalue weighted by Crippen LogP contribution is -2.00. The zero-order chi connectivity index (χ0) is 19.7. The average Bonchev–Trinajstić information content (AvgIpc) is 2.99. The van der Waals surface area contributed by atoms with Crippen LogP contribution in [0.3, 0.4) is 0 Å². The number of hydrogen-bond donors (Lipinski definition) is 0. The first-order chi connectivity index (χ1) is 13.5. The maximum Gasteiger partial charge on any atom is 0.0890 e. The highest BCUT2D eigenvalue weighted by Crippen LogP contribution is 2.34. The first-order valence-electron chi connectivity index (χ1n) is 9.53. The van der Waals surface area contributed by atoms with Crippen molar-refractivity contribution in [2.24, 2.45) is 0 Å². The Balaban J connectivity index is 1.90. The zero-order valence-corrected chi connectivity index (χ0v) is 18.8. The predicted octanol–water partition coefficient (Wildman–Crippen LogP) is 8.26. The van der Waals surface area contributed by atoms with Gasteiger partial charge in [0, 0.05) is 20.6 Å². The van der Waals surface area contributed by atoms with Crippen molar-refractivity contribution in [3.8, 4) is 16.9 Å². The predicted molar refractivity (Wildman–Crippen MR) is 123 cm³/mol. The van der Waals surface area contributed by atoms with E-state index in [9.17, 15) is 0 Å². The standard InChI is InChI=1S/C23H21BrCl2N2/c1-15-21(13-16-5-3-2-4-6-16)27-28(22-12-11-19(25)14-20(22)26)23(15)17-7-9-18(24)10-8-17/h7-14H,2-6H2,1H3. The van der Waals surface area contributed by atoms with Gasteiger partial charge in [-0.1, -0.05) is 63.3 Å². The Morgan fingerprint density at radius 2 is 1.71 bits per heavy atom. The number of hydrogen-bond acceptors (Lipinski definition) is 1. The molecule has 0 N–H and O–H groups in total. The highest BCUT2D eigenvalue weighted by Gasteiger charge is 2.19. The van der Waals surface area contributed by atoms with Gasteiger partial charge in [0.2, 0.25) is 0 Å². The molecular formula is C23H21BrCl2N2. The van der Waals surface area contributed by atoms with E-state index in [0.29, 0.717) is 10.0 Å². The van der Waals surface area contributed by atoms with E-state index in [1.807, 2.05) is 16.8 Å². The third kappa shape index (κ3) is 4.07. The second-order valence-corrected chi connectivity index (χ2v) is 9.00. The van der Waals surface area contributed by atoms with Gasteiger partial charge in [-0.3, -0.25) is 0 Å². The van der Waals surface area contributed by atoms with Crippen molar-refractivity contribution in [1.82, 2.24) is 9.78 Å². The van der Waals surface area contributed by atoms with Crippen molar-refractivity contribution in [2.75, 3.05) is 0 Å². The van der Waals surface area contributed by atoms with Crippen LogP contribution in [0.2, 0.25) is 10.0 Å². The van der Waals surface area contributed by atoms with Crippen LogP contribution in [0.4, 0.5) is 0 Å². The van der Waals surface area contributed by atoms with E-state index >= 15 is 0 Å². The number of nitrogens with zero attached hydrogens (tertiary/aromatic N) is 2. The maximum atomic E-state index is 6.53. The van der Waals surface area contributed by atoms with Gasteiger partial charge in [0.1, 0.15) is 0 Å². The van der Waals surface area contributed by atoms with Gasteiger partial charge >= 0.3 is 0 Å². The van der Waals surface area contributed by atoms with Gasteiger partial charge in [-0.2, -0.15) is 5.10 Å². The van der Waals surface area contributed by atoms with E-state index in [1.165, 1.54) is 37.7 Å². The molecule has 2 aromatic carbocycles. The van der Waals surface area contributed by atoms with Crippen LogP contribution in [-0.4, -0.2) is 9.78 Å². The summed E-state index contributed by atoms with van der Waals surface area (Å²) in [4.78, 5) is 0. The third-order valence-corrected chi connectivity index (χ3v) is 6.32. The Kier molecular flexibility index (Phi) is 5.96. The second kappa shape index (κ2) is 8.44. The molecule has 0 radical (unpaired) electrons. The van der Waals surface area contributed by atoms with Crippen LogP contribution in [0.5, 0.6) is 0 Å². The largest absolute Gasteiger partial charge is 0.231 e. The fourth-order valence-electron chi connectivity index (χ4n) is 3.77. The fraction of sp³-hybridized carbons (Fsp3) is 0.261. The molecule has 144 valence electrons. The van der Waals surface area contributed by atoms with Crippen LogP contribution in [-0.2, 0) is 0 Å². The summed E-state index contributed by atoms with van der Waals surface area (Å²) < 4.78 is 3.00. The number of rotatable bonds is 3. The minimum Gasteiger partial charge on any atom is -0.231 e. The minimum absolute atomic E-state index is 0.588. The molecule has 1 heterocycles. The van der Waals surface area contributed by atoms with Crippen LogP contribution in [0.1, 0.15) is 43.4 Å². The van der Waals surface area contributed by atoms with E-state index in [2.05, 4.69) is 53.2 Å². The molecule has 1 aromatic heterocycles. The highest BCUT2D eigenvalue weighted by atomic mass is 79.9. The topological polar surface area (TPSA) is 17.8 Å². The van der Waals surface area contributed by atoms with Gasteiger partial charge in [-0.25, -0.2) is 4.68 Å². The van der Waals surface area contributed by atoms with Crippen LogP contribution in [0, 0.1) is 6.92 Å². The van der Waals surface area contributed by atoms with Crippen molar-refractivity contribution in [1.29, 1.82) is 0 Å². The van der Waals surface area contributed by atoms with Crippen molar-refractivity contribution < 1.29 is 0 Å².